The molecule has 3 rings (SSSR count). The van der Waals surface area contributed by atoms with E-state index in [2.05, 4.69) is 5.10 Å². The van der Waals surface area contributed by atoms with Crippen LogP contribution in [0, 0.1) is 0 Å². The molecule has 0 bridgehead atoms. The van der Waals surface area contributed by atoms with Crippen LogP contribution in [0.4, 0.5) is 0 Å². The third kappa shape index (κ3) is 3.24. The number of nitrogens with zero attached hydrogens (tertiary/aromatic N) is 3. The van der Waals surface area contributed by atoms with Gasteiger partial charge >= 0.3 is 5.97 Å². The Morgan fingerprint density at radius 1 is 1.35 bits per heavy atom. The van der Waals surface area contributed by atoms with Gasteiger partial charge in [0.15, 0.2) is 0 Å². The fourth-order valence-corrected chi connectivity index (χ4v) is 2.61. The zero-order valence-electron chi connectivity index (χ0n) is 12.7. The molecule has 1 N–H and O–H groups in total. The van der Waals surface area contributed by atoms with Crippen LogP contribution >= 0.6 is 0 Å². The summed E-state index contributed by atoms with van der Waals surface area (Å²) >= 11 is 0. The molecule has 1 unspecified atom stereocenters. The third-order valence-electron chi connectivity index (χ3n) is 3.81. The Hall–Kier alpha value is -2.67. The number of hydrogen-bond donors (Lipinski definition) is 1. The van der Waals surface area contributed by atoms with E-state index in [4.69, 9.17) is 9.84 Å². The molecule has 1 aliphatic heterocycles. The average molecular weight is 315 g/mol. The predicted molar refractivity (Wildman–Crippen MR) is 81.2 cm³/mol. The van der Waals surface area contributed by atoms with Crippen LogP contribution in [0.3, 0.4) is 0 Å². The number of aryl methyl sites for hydroxylation is 1. The Labute approximate surface area is 133 Å². The Morgan fingerprint density at radius 2 is 2.13 bits per heavy atom. The van der Waals surface area contributed by atoms with Crippen LogP contribution in [0.5, 0.6) is 0 Å². The SMILES string of the molecule is Cn1cc(C2CN(C(=O)c3cccc(C(=O)O)c3)CCO2)cn1. The van der Waals surface area contributed by atoms with E-state index in [1.165, 1.54) is 12.1 Å². The first-order chi connectivity index (χ1) is 11.0. The van der Waals surface area contributed by atoms with Crippen LogP contribution in [0.1, 0.15) is 32.4 Å². The minimum atomic E-state index is -1.05. The van der Waals surface area contributed by atoms with Gasteiger partial charge in [0.25, 0.3) is 5.91 Å². The van der Waals surface area contributed by atoms with E-state index in [0.29, 0.717) is 25.3 Å². The summed E-state index contributed by atoms with van der Waals surface area (Å²) in [6, 6.07) is 6.08. The maximum absolute atomic E-state index is 12.6. The molecule has 1 saturated heterocycles. The molecule has 0 radical (unpaired) electrons. The Morgan fingerprint density at radius 3 is 2.83 bits per heavy atom. The fraction of sp³-hybridized carbons (Fsp3) is 0.312. The highest BCUT2D eigenvalue weighted by molar-refractivity contribution is 5.97. The van der Waals surface area contributed by atoms with Crippen molar-refractivity contribution in [3.63, 3.8) is 0 Å². The van der Waals surface area contributed by atoms with Gasteiger partial charge in [0.05, 0.1) is 24.9 Å². The normalized spacial score (nSPS) is 18.0. The van der Waals surface area contributed by atoms with E-state index in [9.17, 15) is 9.59 Å². The summed E-state index contributed by atoms with van der Waals surface area (Å²) in [6.07, 6.45) is 3.37. The van der Waals surface area contributed by atoms with Gasteiger partial charge in [-0.25, -0.2) is 4.79 Å². The van der Waals surface area contributed by atoms with E-state index in [0.717, 1.165) is 5.56 Å². The summed E-state index contributed by atoms with van der Waals surface area (Å²) in [4.78, 5) is 25.3. The smallest absolute Gasteiger partial charge is 0.335 e. The molecule has 7 heteroatoms. The summed E-state index contributed by atoms with van der Waals surface area (Å²) < 4.78 is 7.40. The molecule has 1 atom stereocenters. The molecule has 1 fully saturated rings. The maximum Gasteiger partial charge on any atom is 0.335 e. The van der Waals surface area contributed by atoms with Crippen molar-refractivity contribution in [2.45, 2.75) is 6.10 Å². The number of carboxylic acid groups (broad SMARTS) is 1. The van der Waals surface area contributed by atoms with Crippen LogP contribution < -0.4 is 0 Å². The summed E-state index contributed by atoms with van der Waals surface area (Å²) in [7, 11) is 1.83. The topological polar surface area (TPSA) is 84.7 Å². The molecule has 0 spiro atoms. The van der Waals surface area contributed by atoms with Crippen molar-refractivity contribution in [1.82, 2.24) is 14.7 Å². The molecule has 1 aromatic carbocycles. The molecule has 0 saturated carbocycles. The van der Waals surface area contributed by atoms with Gasteiger partial charge in [-0.05, 0) is 18.2 Å². The predicted octanol–water partition coefficient (Wildman–Crippen LogP) is 1.33. The van der Waals surface area contributed by atoms with Gasteiger partial charge in [0, 0.05) is 30.9 Å². The molecule has 120 valence electrons. The third-order valence-corrected chi connectivity index (χ3v) is 3.81. The Bertz CT molecular complexity index is 740. The molecule has 1 aromatic heterocycles. The second-order valence-corrected chi connectivity index (χ2v) is 5.44. The Kier molecular flexibility index (Phi) is 4.12. The minimum absolute atomic E-state index is 0.105. The number of carbonyl (C=O) groups excluding carboxylic acids is 1. The summed E-state index contributed by atoms with van der Waals surface area (Å²) in [5, 5.41) is 13.2. The second kappa shape index (κ2) is 6.21. The molecule has 1 amide bonds. The summed E-state index contributed by atoms with van der Waals surface area (Å²) in [6.45, 7) is 1.33. The van der Waals surface area contributed by atoms with Gasteiger partial charge in [-0.1, -0.05) is 6.07 Å². The zero-order valence-corrected chi connectivity index (χ0v) is 12.7. The highest BCUT2D eigenvalue weighted by Crippen LogP contribution is 2.23. The van der Waals surface area contributed by atoms with E-state index in [1.54, 1.807) is 27.9 Å². The fourth-order valence-electron chi connectivity index (χ4n) is 2.61. The molecule has 2 aromatic rings. The van der Waals surface area contributed by atoms with Crippen LogP contribution in [0.15, 0.2) is 36.7 Å². The molecule has 1 aliphatic rings. The number of aromatic carboxylic acids is 1. The number of ether oxygens (including phenoxy) is 1. The molecule has 23 heavy (non-hydrogen) atoms. The average Bonchev–Trinajstić information content (AvgIpc) is 3.01. The van der Waals surface area contributed by atoms with Crippen molar-refractivity contribution < 1.29 is 19.4 Å². The van der Waals surface area contributed by atoms with Crippen LogP contribution in [-0.2, 0) is 11.8 Å². The van der Waals surface area contributed by atoms with E-state index >= 15 is 0 Å². The van der Waals surface area contributed by atoms with Crippen LogP contribution in [0.25, 0.3) is 0 Å². The Balaban J connectivity index is 1.77. The lowest BCUT2D eigenvalue weighted by molar-refractivity contribution is -0.0228. The molecular weight excluding hydrogens is 298 g/mol. The summed E-state index contributed by atoms with van der Waals surface area (Å²) in [5.74, 6) is -1.24. The quantitative estimate of drug-likeness (QED) is 0.923. The van der Waals surface area contributed by atoms with Gasteiger partial charge in [0.2, 0.25) is 0 Å². The van der Waals surface area contributed by atoms with Crippen molar-refractivity contribution in [1.29, 1.82) is 0 Å². The number of benzene rings is 1. The lowest BCUT2D eigenvalue weighted by Gasteiger charge is -2.32. The molecule has 7 nitrogen and oxygen atoms in total. The molecule has 2 heterocycles. The number of carbonyl (C=O) groups is 2. The number of morpholine rings is 1. The van der Waals surface area contributed by atoms with E-state index < -0.39 is 5.97 Å². The van der Waals surface area contributed by atoms with Crippen molar-refractivity contribution in [2.75, 3.05) is 19.7 Å². The number of amides is 1. The van der Waals surface area contributed by atoms with Crippen molar-refractivity contribution in [2.24, 2.45) is 7.05 Å². The lowest BCUT2D eigenvalue weighted by atomic mass is 10.1. The van der Waals surface area contributed by atoms with Crippen molar-refractivity contribution >= 4 is 11.9 Å². The first-order valence-corrected chi connectivity index (χ1v) is 7.27. The highest BCUT2D eigenvalue weighted by atomic mass is 16.5. The minimum Gasteiger partial charge on any atom is -0.478 e. The number of hydrogen-bond acceptors (Lipinski definition) is 4. The lowest BCUT2D eigenvalue weighted by Crippen LogP contribution is -2.42. The first-order valence-electron chi connectivity index (χ1n) is 7.27. The molecular formula is C16H17N3O4. The highest BCUT2D eigenvalue weighted by Gasteiger charge is 2.27. The van der Waals surface area contributed by atoms with Gasteiger partial charge in [-0.3, -0.25) is 9.48 Å². The van der Waals surface area contributed by atoms with Gasteiger partial charge < -0.3 is 14.7 Å². The largest absolute Gasteiger partial charge is 0.478 e. The van der Waals surface area contributed by atoms with Gasteiger partial charge in [-0.15, -0.1) is 0 Å². The maximum atomic E-state index is 12.6. The number of carboxylic acids is 1. The number of rotatable bonds is 3. The van der Waals surface area contributed by atoms with Gasteiger partial charge in [-0.2, -0.15) is 5.10 Å². The van der Waals surface area contributed by atoms with Crippen molar-refractivity contribution in [3.05, 3.63) is 53.3 Å². The van der Waals surface area contributed by atoms with Crippen LogP contribution in [0.2, 0.25) is 0 Å². The summed E-state index contributed by atoms with van der Waals surface area (Å²) in [5.41, 5.74) is 1.40. The first kappa shape index (κ1) is 15.2. The zero-order chi connectivity index (χ0) is 16.4. The van der Waals surface area contributed by atoms with Crippen molar-refractivity contribution in [3.8, 4) is 0 Å². The monoisotopic (exact) mass is 315 g/mol. The standard InChI is InChI=1S/C16H17N3O4/c1-18-9-13(8-17-18)14-10-19(5-6-23-14)15(20)11-3-2-4-12(7-11)16(21)22/h2-4,7-9,14H,5-6,10H2,1H3,(H,21,22). The van der Waals surface area contributed by atoms with E-state index in [-0.39, 0.29) is 17.6 Å². The second-order valence-electron chi connectivity index (χ2n) is 5.44. The van der Waals surface area contributed by atoms with Crippen LogP contribution in [-0.4, -0.2) is 51.4 Å². The number of aromatic nitrogens is 2. The molecule has 0 aliphatic carbocycles. The van der Waals surface area contributed by atoms with E-state index in [1.807, 2.05) is 13.2 Å². The van der Waals surface area contributed by atoms with Gasteiger partial charge in [0.1, 0.15) is 6.10 Å².